The number of nitrogens with zero attached hydrogens (tertiary/aromatic N) is 1. The van der Waals surface area contributed by atoms with Crippen molar-refractivity contribution in [2.45, 2.75) is 40.2 Å². The van der Waals surface area contributed by atoms with Crippen LogP contribution < -0.4 is 0 Å². The van der Waals surface area contributed by atoms with E-state index in [-0.39, 0.29) is 5.54 Å². The van der Waals surface area contributed by atoms with Crippen LogP contribution in [0.3, 0.4) is 0 Å². The molecule has 0 saturated carbocycles. The average molecular weight is 169 g/mol. The zero-order valence-electron chi connectivity index (χ0n) is 9.39. The maximum Gasteiger partial charge on any atom is 0.0410 e. The third kappa shape index (κ3) is 1.82. The summed E-state index contributed by atoms with van der Waals surface area (Å²) in [5, 5.41) is 0. The standard InChI is InChI=1S/C11H23N/c1-8-12(7)11(6,9(2)3)10(4)5/h8-10H,1H2,2-7H3. The Balaban J connectivity index is 4.73. The molecule has 0 N–H and O–H groups in total. The summed E-state index contributed by atoms with van der Waals surface area (Å²) in [6.07, 6.45) is 1.92. The van der Waals surface area contributed by atoms with Crippen LogP contribution in [0.15, 0.2) is 12.8 Å². The summed E-state index contributed by atoms with van der Waals surface area (Å²) in [7, 11) is 2.10. The third-order valence-corrected chi connectivity index (χ3v) is 3.37. The van der Waals surface area contributed by atoms with Gasteiger partial charge in [-0.05, 0) is 25.0 Å². The average Bonchev–Trinajstić information content (AvgIpc) is 2.00. The van der Waals surface area contributed by atoms with E-state index in [1.54, 1.807) is 0 Å². The molecule has 0 fully saturated rings. The van der Waals surface area contributed by atoms with Gasteiger partial charge < -0.3 is 4.90 Å². The van der Waals surface area contributed by atoms with Gasteiger partial charge in [0.15, 0.2) is 0 Å². The Bertz CT molecular complexity index is 139. The quantitative estimate of drug-likeness (QED) is 0.625. The Hall–Kier alpha value is -0.460. The minimum atomic E-state index is 0.224. The van der Waals surface area contributed by atoms with Crippen molar-refractivity contribution in [3.63, 3.8) is 0 Å². The Morgan fingerprint density at radius 3 is 1.58 bits per heavy atom. The van der Waals surface area contributed by atoms with Gasteiger partial charge in [-0.2, -0.15) is 0 Å². The second-order valence-electron chi connectivity index (χ2n) is 4.33. The van der Waals surface area contributed by atoms with Crippen molar-refractivity contribution in [1.29, 1.82) is 0 Å². The maximum absolute atomic E-state index is 3.82. The van der Waals surface area contributed by atoms with Gasteiger partial charge in [0, 0.05) is 12.6 Å². The third-order valence-electron chi connectivity index (χ3n) is 3.37. The minimum absolute atomic E-state index is 0.224. The molecule has 0 unspecified atom stereocenters. The topological polar surface area (TPSA) is 3.24 Å². The van der Waals surface area contributed by atoms with E-state index in [1.165, 1.54) is 0 Å². The Kier molecular flexibility index (Phi) is 3.82. The molecule has 0 aromatic rings. The molecule has 0 aliphatic carbocycles. The highest BCUT2D eigenvalue weighted by Crippen LogP contribution is 2.31. The zero-order chi connectivity index (χ0) is 9.94. The molecule has 0 amide bonds. The molecule has 72 valence electrons. The fourth-order valence-electron chi connectivity index (χ4n) is 1.68. The number of rotatable bonds is 4. The van der Waals surface area contributed by atoms with Gasteiger partial charge in [0.05, 0.1) is 0 Å². The number of hydrogen-bond acceptors (Lipinski definition) is 1. The van der Waals surface area contributed by atoms with Crippen molar-refractivity contribution in [3.05, 3.63) is 12.8 Å². The van der Waals surface area contributed by atoms with Crippen LogP contribution >= 0.6 is 0 Å². The Morgan fingerprint density at radius 2 is 1.50 bits per heavy atom. The first-order valence-electron chi connectivity index (χ1n) is 4.72. The van der Waals surface area contributed by atoms with E-state index >= 15 is 0 Å². The van der Waals surface area contributed by atoms with E-state index < -0.39 is 0 Å². The summed E-state index contributed by atoms with van der Waals surface area (Å²) in [6.45, 7) is 15.2. The molecule has 0 atom stereocenters. The largest absolute Gasteiger partial charge is 0.375 e. The molecule has 12 heavy (non-hydrogen) atoms. The predicted molar refractivity (Wildman–Crippen MR) is 56.0 cm³/mol. The molecule has 1 heteroatoms. The fourth-order valence-corrected chi connectivity index (χ4v) is 1.68. The summed E-state index contributed by atoms with van der Waals surface area (Å²) < 4.78 is 0. The zero-order valence-corrected chi connectivity index (χ0v) is 9.39. The summed E-state index contributed by atoms with van der Waals surface area (Å²) in [5.41, 5.74) is 0.224. The summed E-state index contributed by atoms with van der Waals surface area (Å²) >= 11 is 0. The summed E-state index contributed by atoms with van der Waals surface area (Å²) in [5.74, 6) is 1.28. The van der Waals surface area contributed by atoms with E-state index in [4.69, 9.17) is 0 Å². The van der Waals surface area contributed by atoms with Crippen molar-refractivity contribution in [3.8, 4) is 0 Å². The van der Waals surface area contributed by atoms with E-state index in [0.29, 0.717) is 11.8 Å². The van der Waals surface area contributed by atoms with Gasteiger partial charge in [0.2, 0.25) is 0 Å². The SMILES string of the molecule is C=CN(C)C(C)(C(C)C)C(C)C. The van der Waals surface area contributed by atoms with E-state index in [1.807, 2.05) is 6.20 Å². The van der Waals surface area contributed by atoms with Crippen LogP contribution in [0.4, 0.5) is 0 Å². The first-order chi connectivity index (χ1) is 5.37. The summed E-state index contributed by atoms with van der Waals surface area (Å²) in [4.78, 5) is 2.22. The minimum Gasteiger partial charge on any atom is -0.375 e. The molecule has 0 radical (unpaired) electrons. The van der Waals surface area contributed by atoms with Crippen molar-refractivity contribution in [2.24, 2.45) is 11.8 Å². The molecular weight excluding hydrogens is 146 g/mol. The first kappa shape index (κ1) is 11.5. The van der Waals surface area contributed by atoms with Gasteiger partial charge in [-0.1, -0.05) is 34.3 Å². The van der Waals surface area contributed by atoms with Crippen LogP contribution in [0.5, 0.6) is 0 Å². The lowest BCUT2D eigenvalue weighted by Crippen LogP contribution is -2.49. The molecule has 0 aliphatic rings. The van der Waals surface area contributed by atoms with Crippen LogP contribution in [-0.2, 0) is 0 Å². The van der Waals surface area contributed by atoms with Crippen LogP contribution in [0.1, 0.15) is 34.6 Å². The van der Waals surface area contributed by atoms with Gasteiger partial charge in [-0.25, -0.2) is 0 Å². The van der Waals surface area contributed by atoms with Crippen molar-refractivity contribution >= 4 is 0 Å². The Morgan fingerprint density at radius 1 is 1.17 bits per heavy atom. The second kappa shape index (κ2) is 3.97. The number of hydrogen-bond donors (Lipinski definition) is 0. The first-order valence-corrected chi connectivity index (χ1v) is 4.72. The lowest BCUT2D eigenvalue weighted by molar-refractivity contribution is 0.0824. The second-order valence-corrected chi connectivity index (χ2v) is 4.33. The maximum atomic E-state index is 3.82. The van der Waals surface area contributed by atoms with Gasteiger partial charge in [-0.3, -0.25) is 0 Å². The van der Waals surface area contributed by atoms with Crippen LogP contribution in [-0.4, -0.2) is 17.5 Å². The van der Waals surface area contributed by atoms with E-state index in [0.717, 1.165) is 0 Å². The van der Waals surface area contributed by atoms with Crippen LogP contribution in [0.2, 0.25) is 0 Å². The lowest BCUT2D eigenvalue weighted by atomic mass is 9.77. The monoisotopic (exact) mass is 169 g/mol. The van der Waals surface area contributed by atoms with Gasteiger partial charge in [-0.15, -0.1) is 0 Å². The molecule has 0 bridgehead atoms. The molecule has 0 aliphatic heterocycles. The molecule has 0 rings (SSSR count). The van der Waals surface area contributed by atoms with Gasteiger partial charge in [0.25, 0.3) is 0 Å². The molecule has 0 saturated heterocycles. The van der Waals surface area contributed by atoms with Crippen molar-refractivity contribution in [1.82, 2.24) is 4.90 Å². The molecule has 0 aromatic carbocycles. The molecular formula is C11H23N. The molecule has 0 spiro atoms. The van der Waals surface area contributed by atoms with Gasteiger partial charge in [0.1, 0.15) is 0 Å². The Labute approximate surface area is 77.5 Å². The normalized spacial score (nSPS) is 12.3. The fraction of sp³-hybridized carbons (Fsp3) is 0.818. The molecule has 0 aromatic heterocycles. The lowest BCUT2D eigenvalue weighted by Gasteiger charge is -2.45. The highest BCUT2D eigenvalue weighted by Gasteiger charge is 2.34. The summed E-state index contributed by atoms with van der Waals surface area (Å²) in [6, 6.07) is 0. The van der Waals surface area contributed by atoms with Crippen LogP contribution in [0.25, 0.3) is 0 Å². The highest BCUT2D eigenvalue weighted by molar-refractivity contribution is 4.94. The van der Waals surface area contributed by atoms with Crippen molar-refractivity contribution in [2.75, 3.05) is 7.05 Å². The van der Waals surface area contributed by atoms with E-state index in [2.05, 4.69) is 53.1 Å². The highest BCUT2D eigenvalue weighted by atomic mass is 15.2. The van der Waals surface area contributed by atoms with Gasteiger partial charge >= 0.3 is 0 Å². The molecule has 1 nitrogen and oxygen atoms in total. The molecule has 0 heterocycles. The van der Waals surface area contributed by atoms with Crippen LogP contribution in [0, 0.1) is 11.8 Å². The van der Waals surface area contributed by atoms with E-state index in [9.17, 15) is 0 Å². The smallest absolute Gasteiger partial charge is 0.0410 e. The predicted octanol–water partition coefficient (Wildman–Crippen LogP) is 3.13. The van der Waals surface area contributed by atoms with Crippen molar-refractivity contribution < 1.29 is 0 Å².